The van der Waals surface area contributed by atoms with Gasteiger partial charge in [0.05, 0.1) is 16.2 Å². The Bertz CT molecular complexity index is 1040. The highest BCUT2D eigenvalue weighted by molar-refractivity contribution is 8.18. The van der Waals surface area contributed by atoms with Gasteiger partial charge in [-0.15, -0.1) is 0 Å². The Morgan fingerprint density at radius 2 is 1.90 bits per heavy atom. The minimum atomic E-state index is -1.00. The Morgan fingerprint density at radius 3 is 2.63 bits per heavy atom. The third-order valence-corrected chi connectivity index (χ3v) is 6.46. The standard InChI is InChI=1S/C23H21ClN2O3S/c24-17-8-4-6-15(12-17)13-20-21(27)26(19-10-2-1-3-11-19)23(30-20)25-18-9-5-7-16(14-18)22(28)29/h4-9,12-14,19H,1-3,10-11H2,(H,28,29)/b20-13-,25-23?. The maximum atomic E-state index is 13.3. The van der Waals surface area contributed by atoms with Crippen molar-refractivity contribution in [3.05, 3.63) is 69.6 Å². The first-order valence-corrected chi connectivity index (χ1v) is 11.1. The lowest BCUT2D eigenvalue weighted by Crippen LogP contribution is -2.40. The van der Waals surface area contributed by atoms with Crippen LogP contribution in [0.3, 0.4) is 0 Å². The van der Waals surface area contributed by atoms with Crippen LogP contribution >= 0.6 is 23.4 Å². The number of nitrogens with zero attached hydrogens (tertiary/aromatic N) is 2. The van der Waals surface area contributed by atoms with E-state index < -0.39 is 5.97 Å². The summed E-state index contributed by atoms with van der Waals surface area (Å²) in [4.78, 5) is 31.7. The van der Waals surface area contributed by atoms with Gasteiger partial charge in [-0.25, -0.2) is 9.79 Å². The Labute approximate surface area is 184 Å². The van der Waals surface area contributed by atoms with Gasteiger partial charge in [-0.2, -0.15) is 0 Å². The number of thioether (sulfide) groups is 1. The summed E-state index contributed by atoms with van der Waals surface area (Å²) in [7, 11) is 0. The van der Waals surface area contributed by atoms with Crippen molar-refractivity contribution in [2.75, 3.05) is 0 Å². The number of halogens is 1. The van der Waals surface area contributed by atoms with E-state index in [4.69, 9.17) is 11.6 Å². The van der Waals surface area contributed by atoms with E-state index in [1.165, 1.54) is 30.3 Å². The summed E-state index contributed by atoms with van der Waals surface area (Å²) in [6, 6.07) is 14.0. The van der Waals surface area contributed by atoms with Gasteiger partial charge in [0.15, 0.2) is 5.17 Å². The largest absolute Gasteiger partial charge is 0.478 e. The van der Waals surface area contributed by atoms with Crippen molar-refractivity contribution in [3.63, 3.8) is 0 Å². The Balaban J connectivity index is 1.71. The van der Waals surface area contributed by atoms with Crippen LogP contribution in [0.2, 0.25) is 5.02 Å². The number of benzene rings is 2. The molecule has 0 radical (unpaired) electrons. The molecule has 1 aliphatic carbocycles. The molecule has 1 saturated carbocycles. The first kappa shape index (κ1) is 20.7. The fraction of sp³-hybridized carbons (Fsp3) is 0.261. The summed E-state index contributed by atoms with van der Waals surface area (Å²) in [6.45, 7) is 0. The van der Waals surface area contributed by atoms with Gasteiger partial charge in [-0.3, -0.25) is 9.69 Å². The number of amidine groups is 1. The number of aromatic carboxylic acids is 1. The van der Waals surface area contributed by atoms with Crippen LogP contribution in [0.1, 0.15) is 48.0 Å². The van der Waals surface area contributed by atoms with Crippen molar-refractivity contribution in [1.82, 2.24) is 4.90 Å². The molecule has 2 aromatic carbocycles. The number of hydrogen-bond acceptors (Lipinski definition) is 4. The van der Waals surface area contributed by atoms with Crippen LogP contribution in [0.25, 0.3) is 6.08 Å². The first-order chi connectivity index (χ1) is 14.5. The molecule has 2 aliphatic rings. The molecule has 1 heterocycles. The Morgan fingerprint density at radius 1 is 1.13 bits per heavy atom. The van der Waals surface area contributed by atoms with Crippen LogP contribution in [-0.2, 0) is 4.79 Å². The van der Waals surface area contributed by atoms with Crippen LogP contribution < -0.4 is 0 Å². The van der Waals surface area contributed by atoms with Gasteiger partial charge in [0.1, 0.15) is 0 Å². The monoisotopic (exact) mass is 440 g/mol. The van der Waals surface area contributed by atoms with E-state index in [9.17, 15) is 14.7 Å². The predicted octanol–water partition coefficient (Wildman–Crippen LogP) is 5.97. The molecule has 0 aromatic heterocycles. The maximum absolute atomic E-state index is 13.3. The molecule has 0 atom stereocenters. The number of carbonyl (C=O) groups is 2. The zero-order valence-electron chi connectivity index (χ0n) is 16.3. The molecule has 30 heavy (non-hydrogen) atoms. The smallest absolute Gasteiger partial charge is 0.335 e. The second-order valence-corrected chi connectivity index (χ2v) is 8.83. The summed E-state index contributed by atoms with van der Waals surface area (Å²) in [5.74, 6) is -1.06. The lowest BCUT2D eigenvalue weighted by Gasteiger charge is -2.30. The van der Waals surface area contributed by atoms with Crippen LogP contribution in [0.15, 0.2) is 58.4 Å². The Hall–Kier alpha value is -2.57. The van der Waals surface area contributed by atoms with Gasteiger partial charge in [-0.1, -0.05) is 49.1 Å². The summed E-state index contributed by atoms with van der Waals surface area (Å²) in [5, 5.41) is 10.5. The molecule has 0 unspecified atom stereocenters. The van der Waals surface area contributed by atoms with Crippen molar-refractivity contribution in [2.45, 2.75) is 38.1 Å². The van der Waals surface area contributed by atoms with Crippen LogP contribution in [0.5, 0.6) is 0 Å². The molecular formula is C23H21ClN2O3S. The lowest BCUT2D eigenvalue weighted by molar-refractivity contribution is -0.124. The van der Waals surface area contributed by atoms with Crippen LogP contribution in [0.4, 0.5) is 5.69 Å². The van der Waals surface area contributed by atoms with Gasteiger partial charge in [0.25, 0.3) is 5.91 Å². The van der Waals surface area contributed by atoms with E-state index in [0.717, 1.165) is 31.2 Å². The average molecular weight is 441 g/mol. The highest BCUT2D eigenvalue weighted by Crippen LogP contribution is 2.38. The summed E-state index contributed by atoms with van der Waals surface area (Å²) >= 11 is 7.42. The van der Waals surface area contributed by atoms with E-state index in [1.807, 2.05) is 24.3 Å². The SMILES string of the molecule is O=C(O)c1cccc(N=C2S/C(=C\c3cccc(Cl)c3)C(=O)N2C2CCCCC2)c1. The van der Waals surface area contributed by atoms with Gasteiger partial charge < -0.3 is 5.11 Å². The summed E-state index contributed by atoms with van der Waals surface area (Å²) in [6.07, 6.45) is 7.10. The maximum Gasteiger partial charge on any atom is 0.335 e. The molecule has 0 spiro atoms. The van der Waals surface area contributed by atoms with Crippen molar-refractivity contribution in [2.24, 2.45) is 4.99 Å². The summed E-state index contributed by atoms with van der Waals surface area (Å²) in [5.41, 5.74) is 1.55. The minimum Gasteiger partial charge on any atom is -0.478 e. The van der Waals surface area contributed by atoms with Crippen molar-refractivity contribution in [1.29, 1.82) is 0 Å². The molecule has 2 aromatic rings. The molecule has 4 rings (SSSR count). The van der Waals surface area contributed by atoms with E-state index in [0.29, 0.717) is 20.8 Å². The lowest BCUT2D eigenvalue weighted by atomic mass is 9.94. The fourth-order valence-electron chi connectivity index (χ4n) is 3.79. The fourth-order valence-corrected chi connectivity index (χ4v) is 5.05. The molecule has 1 N–H and O–H groups in total. The normalized spacial score (nSPS) is 20.3. The number of carboxylic acid groups (broad SMARTS) is 1. The minimum absolute atomic E-state index is 0.0555. The van der Waals surface area contributed by atoms with E-state index in [2.05, 4.69) is 4.99 Å². The molecule has 154 valence electrons. The van der Waals surface area contributed by atoms with Crippen LogP contribution in [-0.4, -0.2) is 33.1 Å². The second-order valence-electron chi connectivity index (χ2n) is 7.38. The topological polar surface area (TPSA) is 70.0 Å². The second kappa shape index (κ2) is 9.06. The zero-order valence-corrected chi connectivity index (χ0v) is 17.8. The molecule has 1 saturated heterocycles. The van der Waals surface area contributed by atoms with Crippen molar-refractivity contribution < 1.29 is 14.7 Å². The quantitative estimate of drug-likeness (QED) is 0.594. The van der Waals surface area contributed by atoms with Gasteiger partial charge in [0.2, 0.25) is 0 Å². The number of aliphatic imine (C=N–C) groups is 1. The summed E-state index contributed by atoms with van der Waals surface area (Å²) < 4.78 is 0. The van der Waals surface area contributed by atoms with E-state index >= 15 is 0 Å². The van der Waals surface area contributed by atoms with E-state index in [-0.39, 0.29) is 17.5 Å². The van der Waals surface area contributed by atoms with E-state index in [1.54, 1.807) is 23.1 Å². The number of amides is 1. The third kappa shape index (κ3) is 4.60. The number of carboxylic acids is 1. The number of rotatable bonds is 4. The molecule has 2 fully saturated rings. The molecule has 1 aliphatic heterocycles. The molecule has 1 amide bonds. The Kier molecular flexibility index (Phi) is 6.25. The van der Waals surface area contributed by atoms with Gasteiger partial charge >= 0.3 is 5.97 Å². The molecule has 5 nitrogen and oxygen atoms in total. The average Bonchev–Trinajstić information content (AvgIpc) is 3.03. The van der Waals surface area contributed by atoms with Crippen molar-refractivity contribution in [3.8, 4) is 0 Å². The van der Waals surface area contributed by atoms with Gasteiger partial charge in [0, 0.05) is 11.1 Å². The first-order valence-electron chi connectivity index (χ1n) is 9.92. The number of carbonyl (C=O) groups excluding carboxylic acids is 1. The zero-order chi connectivity index (χ0) is 21.1. The highest BCUT2D eigenvalue weighted by Gasteiger charge is 2.38. The molecular weight excluding hydrogens is 420 g/mol. The van der Waals surface area contributed by atoms with Gasteiger partial charge in [-0.05, 0) is 66.6 Å². The third-order valence-electron chi connectivity index (χ3n) is 5.24. The van der Waals surface area contributed by atoms with Crippen molar-refractivity contribution >= 4 is 52.2 Å². The predicted molar refractivity (Wildman–Crippen MR) is 121 cm³/mol. The molecule has 0 bridgehead atoms. The highest BCUT2D eigenvalue weighted by atomic mass is 35.5. The van der Waals surface area contributed by atoms with Crippen LogP contribution in [0, 0.1) is 0 Å². The number of hydrogen-bond donors (Lipinski definition) is 1. The molecule has 7 heteroatoms.